The van der Waals surface area contributed by atoms with Crippen LogP contribution in [0.5, 0.6) is 0 Å². The van der Waals surface area contributed by atoms with E-state index < -0.39 is 0 Å². The number of likely N-dealkylation sites (N-methyl/N-ethyl adjacent to an activating group) is 1. The Morgan fingerprint density at radius 3 is 2.40 bits per heavy atom. The fourth-order valence-corrected chi connectivity index (χ4v) is 4.82. The topological polar surface area (TPSA) is 104 Å². The maximum Gasteiger partial charge on any atom is 0.269 e. The third-order valence-corrected chi connectivity index (χ3v) is 6.94. The Hall–Kier alpha value is -3.72. The smallest absolute Gasteiger partial charge is 0.269 e. The quantitative estimate of drug-likeness (QED) is 0.595. The minimum absolute atomic E-state index is 0.171. The summed E-state index contributed by atoms with van der Waals surface area (Å²) in [5, 5.41) is 2.64. The van der Waals surface area contributed by atoms with Gasteiger partial charge in [-0.1, -0.05) is 12.1 Å². The van der Waals surface area contributed by atoms with Gasteiger partial charge < -0.3 is 25.8 Å². The van der Waals surface area contributed by atoms with Crippen molar-refractivity contribution in [1.82, 2.24) is 25.2 Å². The van der Waals surface area contributed by atoms with E-state index in [1.165, 1.54) is 11.1 Å². The van der Waals surface area contributed by atoms with Crippen LogP contribution >= 0.6 is 0 Å². The van der Waals surface area contributed by atoms with Gasteiger partial charge in [0.05, 0.1) is 0 Å². The van der Waals surface area contributed by atoms with Gasteiger partial charge in [-0.25, -0.2) is 0 Å². The molecule has 0 spiro atoms. The van der Waals surface area contributed by atoms with Gasteiger partial charge in [0.2, 0.25) is 5.95 Å². The van der Waals surface area contributed by atoms with Gasteiger partial charge in [-0.05, 0) is 54.8 Å². The fraction of sp³-hybridized carbons (Fsp3) is 0.385. The number of carbonyl (C=O) groups is 1. The Bertz CT molecular complexity index is 1250. The number of pyridine rings is 1. The van der Waals surface area contributed by atoms with E-state index >= 15 is 0 Å². The lowest BCUT2D eigenvalue weighted by Gasteiger charge is -2.34. The third kappa shape index (κ3) is 4.77. The zero-order valence-electron chi connectivity index (χ0n) is 20.6. The monoisotopic (exact) mass is 472 g/mol. The van der Waals surface area contributed by atoms with E-state index in [4.69, 9.17) is 5.73 Å². The molecule has 1 saturated heterocycles. The summed E-state index contributed by atoms with van der Waals surface area (Å²) in [6.07, 6.45) is 2.71. The number of hydrogen-bond donors (Lipinski definition) is 2. The molecule has 0 unspecified atom stereocenters. The molecule has 0 saturated carbocycles. The van der Waals surface area contributed by atoms with Gasteiger partial charge >= 0.3 is 0 Å². The van der Waals surface area contributed by atoms with Gasteiger partial charge in [0.15, 0.2) is 0 Å². The molecule has 0 bridgehead atoms. The minimum atomic E-state index is -0.171. The average molecular weight is 473 g/mol. The SMILES string of the molecule is CNC(=O)c1ncc(-c2ccc3c(c2)CN(c2cc(N4CCN(C)CC4)nc(N)n2)CC3)cc1C. The molecule has 182 valence electrons. The van der Waals surface area contributed by atoms with Crippen LogP contribution in [-0.4, -0.2) is 72.6 Å². The molecule has 0 radical (unpaired) electrons. The molecule has 35 heavy (non-hydrogen) atoms. The van der Waals surface area contributed by atoms with E-state index in [9.17, 15) is 4.79 Å². The predicted molar refractivity (Wildman–Crippen MR) is 139 cm³/mol. The summed E-state index contributed by atoms with van der Waals surface area (Å²) in [4.78, 5) is 32.4. The fourth-order valence-electron chi connectivity index (χ4n) is 4.82. The lowest BCUT2D eigenvalue weighted by Crippen LogP contribution is -2.45. The molecule has 2 aromatic heterocycles. The molecule has 0 aliphatic carbocycles. The van der Waals surface area contributed by atoms with E-state index in [1.54, 1.807) is 13.2 Å². The average Bonchev–Trinajstić information content (AvgIpc) is 2.87. The molecule has 9 nitrogen and oxygen atoms in total. The summed E-state index contributed by atoms with van der Waals surface area (Å²) in [5.74, 6) is 1.91. The second kappa shape index (κ2) is 9.50. The number of aromatic nitrogens is 3. The van der Waals surface area contributed by atoms with Crippen LogP contribution in [0.3, 0.4) is 0 Å². The first-order valence-corrected chi connectivity index (χ1v) is 12.0. The minimum Gasteiger partial charge on any atom is -0.368 e. The molecule has 4 heterocycles. The van der Waals surface area contributed by atoms with Crippen LogP contribution in [0.15, 0.2) is 36.5 Å². The zero-order valence-corrected chi connectivity index (χ0v) is 20.6. The maximum atomic E-state index is 12.0. The number of fused-ring (bicyclic) bond motifs is 1. The van der Waals surface area contributed by atoms with Gasteiger partial charge in [-0.15, -0.1) is 0 Å². The van der Waals surface area contributed by atoms with Crippen molar-refractivity contribution in [2.45, 2.75) is 19.9 Å². The number of benzene rings is 1. The van der Waals surface area contributed by atoms with Crippen LogP contribution in [0.25, 0.3) is 11.1 Å². The summed E-state index contributed by atoms with van der Waals surface area (Å²) in [6, 6.07) is 10.7. The highest BCUT2D eigenvalue weighted by molar-refractivity contribution is 5.93. The lowest BCUT2D eigenvalue weighted by molar-refractivity contribution is 0.0957. The number of aryl methyl sites for hydroxylation is 1. The summed E-state index contributed by atoms with van der Waals surface area (Å²) < 4.78 is 0. The van der Waals surface area contributed by atoms with Crippen LogP contribution in [0, 0.1) is 6.92 Å². The highest BCUT2D eigenvalue weighted by Crippen LogP contribution is 2.30. The number of amides is 1. The van der Waals surface area contributed by atoms with Crippen LogP contribution in [0.1, 0.15) is 27.2 Å². The highest BCUT2D eigenvalue weighted by Gasteiger charge is 2.22. The Labute approximate surface area is 206 Å². The van der Waals surface area contributed by atoms with E-state index in [1.807, 2.05) is 13.0 Å². The first-order chi connectivity index (χ1) is 16.9. The highest BCUT2D eigenvalue weighted by atomic mass is 16.1. The van der Waals surface area contributed by atoms with Crippen LogP contribution in [0.2, 0.25) is 0 Å². The number of carbonyl (C=O) groups excluding carboxylic acids is 1. The van der Waals surface area contributed by atoms with Crippen molar-refractivity contribution in [2.24, 2.45) is 0 Å². The molecule has 1 amide bonds. The van der Waals surface area contributed by atoms with Crippen molar-refractivity contribution < 1.29 is 4.79 Å². The summed E-state index contributed by atoms with van der Waals surface area (Å²) in [7, 11) is 3.76. The standard InChI is InChI=1S/C26H32N8O/c1-17-12-20(15-29-24(17)25(35)28-2)19-5-4-18-6-7-34(16-21(18)13-19)23-14-22(30-26(27)31-23)33-10-8-32(3)9-11-33/h4-5,12-15H,6-11,16H2,1-3H3,(H,28,35)(H2,27,30,31). The van der Waals surface area contributed by atoms with E-state index in [2.05, 4.69) is 66.3 Å². The first-order valence-electron chi connectivity index (χ1n) is 12.0. The first kappa shape index (κ1) is 23.0. The molecule has 1 fully saturated rings. The molecule has 1 aromatic carbocycles. The molecule has 3 aromatic rings. The second-order valence-electron chi connectivity index (χ2n) is 9.36. The number of piperazine rings is 1. The van der Waals surface area contributed by atoms with Gasteiger partial charge in [0.25, 0.3) is 5.91 Å². The van der Waals surface area contributed by atoms with Gasteiger partial charge in [-0.3, -0.25) is 9.78 Å². The number of hydrogen-bond acceptors (Lipinski definition) is 8. The number of nitrogens with zero attached hydrogens (tertiary/aromatic N) is 6. The number of rotatable bonds is 4. The van der Waals surface area contributed by atoms with Gasteiger partial charge in [0.1, 0.15) is 17.3 Å². The molecule has 3 N–H and O–H groups in total. The molecule has 5 rings (SSSR count). The third-order valence-electron chi connectivity index (χ3n) is 6.94. The molecule has 2 aliphatic rings. The van der Waals surface area contributed by atoms with Crippen molar-refractivity contribution in [2.75, 3.05) is 62.4 Å². The number of anilines is 3. The second-order valence-corrected chi connectivity index (χ2v) is 9.36. The van der Waals surface area contributed by atoms with Crippen molar-refractivity contribution in [1.29, 1.82) is 0 Å². The van der Waals surface area contributed by atoms with E-state index in [0.29, 0.717) is 11.6 Å². The number of nitrogens with one attached hydrogen (secondary N) is 1. The molecule has 9 heteroatoms. The van der Waals surface area contributed by atoms with Gasteiger partial charge in [-0.2, -0.15) is 9.97 Å². The van der Waals surface area contributed by atoms with Gasteiger partial charge in [0, 0.05) is 64.1 Å². The Morgan fingerprint density at radius 2 is 1.69 bits per heavy atom. The Morgan fingerprint density at radius 1 is 0.943 bits per heavy atom. The molecular formula is C26H32N8O. The Balaban J connectivity index is 1.39. The normalized spacial score (nSPS) is 16.2. The van der Waals surface area contributed by atoms with Crippen molar-refractivity contribution >= 4 is 23.5 Å². The summed E-state index contributed by atoms with van der Waals surface area (Å²) in [6.45, 7) is 7.44. The molecule has 2 aliphatic heterocycles. The van der Waals surface area contributed by atoms with Crippen LogP contribution in [0.4, 0.5) is 17.6 Å². The number of nitrogens with two attached hydrogens (primary N) is 1. The van der Waals surface area contributed by atoms with E-state index in [-0.39, 0.29) is 5.91 Å². The molecule has 0 atom stereocenters. The largest absolute Gasteiger partial charge is 0.368 e. The number of nitrogen functional groups attached to an aromatic ring is 1. The lowest BCUT2D eigenvalue weighted by atomic mass is 9.94. The van der Waals surface area contributed by atoms with Crippen LogP contribution < -0.4 is 20.9 Å². The maximum absolute atomic E-state index is 12.0. The summed E-state index contributed by atoms with van der Waals surface area (Å²) in [5.41, 5.74) is 12.1. The zero-order chi connectivity index (χ0) is 24.5. The molecular weight excluding hydrogens is 440 g/mol. The van der Waals surface area contributed by atoms with Crippen molar-refractivity contribution in [3.8, 4) is 11.1 Å². The van der Waals surface area contributed by atoms with E-state index in [0.717, 1.165) is 74.0 Å². The van der Waals surface area contributed by atoms with Crippen molar-refractivity contribution in [3.05, 3.63) is 58.9 Å². The van der Waals surface area contributed by atoms with Crippen molar-refractivity contribution in [3.63, 3.8) is 0 Å². The Kier molecular flexibility index (Phi) is 6.25. The predicted octanol–water partition coefficient (Wildman–Crippen LogP) is 2.10. The summed E-state index contributed by atoms with van der Waals surface area (Å²) >= 11 is 0. The van der Waals surface area contributed by atoms with Crippen LogP contribution in [-0.2, 0) is 13.0 Å².